The minimum atomic E-state index is -0.852. The van der Waals surface area contributed by atoms with Crippen molar-refractivity contribution in [3.8, 4) is 23.0 Å². The summed E-state index contributed by atoms with van der Waals surface area (Å²) in [5.41, 5.74) is 3.30. The van der Waals surface area contributed by atoms with Crippen LogP contribution in [0.25, 0.3) is 21.8 Å². The van der Waals surface area contributed by atoms with Gasteiger partial charge in [-0.25, -0.2) is 14.4 Å². The van der Waals surface area contributed by atoms with Gasteiger partial charge >= 0.3 is 0 Å². The van der Waals surface area contributed by atoms with Crippen LogP contribution in [0.3, 0.4) is 0 Å². The Morgan fingerprint density at radius 1 is 1.02 bits per heavy atom. The highest BCUT2D eigenvalue weighted by Gasteiger charge is 2.22. The first kappa shape index (κ1) is 29.8. The fourth-order valence-corrected chi connectivity index (χ4v) is 5.51. The van der Waals surface area contributed by atoms with Crippen LogP contribution in [0.1, 0.15) is 18.4 Å². The number of nitrogens with zero attached hydrogens (tertiary/aromatic N) is 5. The molecule has 45 heavy (non-hydrogen) atoms. The van der Waals surface area contributed by atoms with E-state index in [1.165, 1.54) is 19.5 Å². The molecular weight excluding hydrogens is 577 g/mol. The van der Waals surface area contributed by atoms with Gasteiger partial charge in [0.2, 0.25) is 0 Å². The van der Waals surface area contributed by atoms with E-state index in [9.17, 15) is 9.18 Å². The standard InChI is InChI=1S/C33H34FN7O4/c1-19-11-26(31(44-5)16-29(19)45-22-9-8-20-17-37-41(3)28(20)13-22)38-32-23-14-27(30(43-4)15-25(23)35-18-36-32)39-33(42)24(34)12-21-7-6-10-40(21)2/h8-9,11-18,21H,6-7,10H2,1-5H3,(H,39,42)(H,35,36,38)/b24-12-. The molecule has 5 aromatic rings. The van der Waals surface area contributed by atoms with Crippen LogP contribution in [-0.2, 0) is 11.8 Å². The third-order valence-electron chi connectivity index (χ3n) is 8.04. The van der Waals surface area contributed by atoms with Gasteiger partial charge in [-0.15, -0.1) is 0 Å². The molecule has 11 nitrogen and oxygen atoms in total. The summed E-state index contributed by atoms with van der Waals surface area (Å²) in [6, 6.07) is 12.7. The Balaban J connectivity index is 1.29. The van der Waals surface area contributed by atoms with E-state index in [0.717, 1.165) is 35.9 Å². The second-order valence-corrected chi connectivity index (χ2v) is 11.0. The number of ether oxygens (including phenoxy) is 3. The molecule has 1 atom stereocenters. The predicted octanol–water partition coefficient (Wildman–Crippen LogP) is 6.26. The number of rotatable bonds is 9. The first-order chi connectivity index (χ1) is 21.7. The smallest absolute Gasteiger partial charge is 0.284 e. The molecule has 1 amide bonds. The molecule has 1 saturated heterocycles. The molecule has 0 radical (unpaired) electrons. The third kappa shape index (κ3) is 6.09. The number of amides is 1. The van der Waals surface area contributed by atoms with Crippen LogP contribution in [0.15, 0.2) is 66.9 Å². The summed E-state index contributed by atoms with van der Waals surface area (Å²) in [5.74, 6) is 0.912. The summed E-state index contributed by atoms with van der Waals surface area (Å²) in [6.45, 7) is 2.80. The van der Waals surface area contributed by atoms with Crippen molar-refractivity contribution in [2.75, 3.05) is 38.4 Å². The van der Waals surface area contributed by atoms with Gasteiger partial charge in [-0.05, 0) is 69.3 Å². The number of anilines is 3. The lowest BCUT2D eigenvalue weighted by Crippen LogP contribution is -2.24. The third-order valence-corrected chi connectivity index (χ3v) is 8.04. The van der Waals surface area contributed by atoms with Crippen molar-refractivity contribution in [2.45, 2.75) is 25.8 Å². The van der Waals surface area contributed by atoms with Gasteiger partial charge in [0, 0.05) is 42.1 Å². The number of methoxy groups -OCH3 is 2. The van der Waals surface area contributed by atoms with Crippen LogP contribution in [0, 0.1) is 6.92 Å². The molecule has 1 fully saturated rings. The van der Waals surface area contributed by atoms with Crippen LogP contribution in [0.4, 0.5) is 21.6 Å². The number of fused-ring (bicyclic) bond motifs is 2. The van der Waals surface area contributed by atoms with Crippen molar-refractivity contribution in [1.29, 1.82) is 0 Å². The van der Waals surface area contributed by atoms with E-state index in [4.69, 9.17) is 14.2 Å². The number of hydrogen-bond donors (Lipinski definition) is 2. The van der Waals surface area contributed by atoms with Crippen molar-refractivity contribution in [2.24, 2.45) is 7.05 Å². The van der Waals surface area contributed by atoms with Gasteiger partial charge < -0.3 is 24.8 Å². The molecule has 0 spiro atoms. The number of carbonyl (C=O) groups excluding carboxylic acids is 1. The number of carbonyl (C=O) groups is 1. The van der Waals surface area contributed by atoms with Gasteiger partial charge in [0.05, 0.1) is 42.8 Å². The molecule has 3 aromatic carbocycles. The number of nitrogens with one attached hydrogen (secondary N) is 2. The number of aryl methyl sites for hydroxylation is 2. The summed E-state index contributed by atoms with van der Waals surface area (Å²) >= 11 is 0. The zero-order chi connectivity index (χ0) is 31.7. The Labute approximate surface area is 259 Å². The van der Waals surface area contributed by atoms with Crippen LogP contribution < -0.4 is 24.8 Å². The number of likely N-dealkylation sites (N-methyl/N-ethyl adjacent to an activating group) is 1. The van der Waals surface area contributed by atoms with Crippen molar-refractivity contribution in [3.05, 3.63) is 72.5 Å². The van der Waals surface area contributed by atoms with E-state index < -0.39 is 11.7 Å². The molecule has 1 aliphatic heterocycles. The quantitative estimate of drug-likeness (QED) is 0.186. The SMILES string of the molecule is COc1cc2ncnc(Nc3cc(C)c(Oc4ccc5cnn(C)c5c4)cc3OC)c2cc1NC(=O)/C(F)=C/C1CCCN1C. The topological polar surface area (TPSA) is 116 Å². The van der Waals surface area contributed by atoms with Crippen LogP contribution in [0.2, 0.25) is 0 Å². The maximum absolute atomic E-state index is 14.9. The fourth-order valence-electron chi connectivity index (χ4n) is 5.51. The Morgan fingerprint density at radius 3 is 2.58 bits per heavy atom. The molecular formula is C33H34FN7O4. The maximum atomic E-state index is 14.9. The average molecular weight is 612 g/mol. The number of halogens is 1. The minimum absolute atomic E-state index is 0.113. The van der Waals surface area contributed by atoms with Gasteiger partial charge in [-0.1, -0.05) is 0 Å². The van der Waals surface area contributed by atoms with E-state index in [2.05, 4.69) is 25.7 Å². The highest BCUT2D eigenvalue weighted by molar-refractivity contribution is 6.05. The maximum Gasteiger partial charge on any atom is 0.284 e. The molecule has 0 bridgehead atoms. The normalized spacial score (nSPS) is 15.4. The zero-order valence-electron chi connectivity index (χ0n) is 25.7. The van der Waals surface area contributed by atoms with E-state index in [1.807, 2.05) is 56.4 Å². The molecule has 0 saturated carbocycles. The number of aromatic nitrogens is 4. The fraction of sp³-hybridized carbons (Fsp3) is 0.273. The van der Waals surface area contributed by atoms with E-state index in [0.29, 0.717) is 45.4 Å². The lowest BCUT2D eigenvalue weighted by atomic mass is 10.1. The minimum Gasteiger partial charge on any atom is -0.494 e. The average Bonchev–Trinajstić information content (AvgIpc) is 3.62. The Bertz CT molecular complexity index is 1940. The van der Waals surface area contributed by atoms with Gasteiger partial charge in [0.25, 0.3) is 5.91 Å². The molecule has 2 aromatic heterocycles. The molecule has 232 valence electrons. The summed E-state index contributed by atoms with van der Waals surface area (Å²) in [5, 5.41) is 11.9. The molecule has 2 N–H and O–H groups in total. The summed E-state index contributed by atoms with van der Waals surface area (Å²) in [7, 11) is 6.85. The van der Waals surface area contributed by atoms with Crippen LogP contribution in [-0.4, -0.2) is 64.4 Å². The van der Waals surface area contributed by atoms with Gasteiger partial charge in [0.1, 0.15) is 35.1 Å². The number of hydrogen-bond acceptors (Lipinski definition) is 9. The van der Waals surface area contributed by atoms with Crippen molar-refractivity contribution in [1.82, 2.24) is 24.6 Å². The second kappa shape index (κ2) is 12.4. The Kier molecular flexibility index (Phi) is 8.22. The highest BCUT2D eigenvalue weighted by Crippen LogP contribution is 2.39. The Morgan fingerprint density at radius 2 is 1.82 bits per heavy atom. The summed E-state index contributed by atoms with van der Waals surface area (Å²) in [4.78, 5) is 23.7. The Hall–Kier alpha value is -5.23. The molecule has 1 aliphatic rings. The molecule has 6 rings (SSSR count). The molecule has 1 unspecified atom stereocenters. The second-order valence-electron chi connectivity index (χ2n) is 11.0. The van der Waals surface area contributed by atoms with Gasteiger partial charge in [-0.3, -0.25) is 14.4 Å². The van der Waals surface area contributed by atoms with Crippen molar-refractivity contribution < 1.29 is 23.4 Å². The monoisotopic (exact) mass is 611 g/mol. The van der Waals surface area contributed by atoms with Crippen LogP contribution >= 0.6 is 0 Å². The first-order valence-electron chi connectivity index (χ1n) is 14.5. The molecule has 0 aliphatic carbocycles. The molecule has 3 heterocycles. The van der Waals surface area contributed by atoms with E-state index in [1.54, 1.807) is 30.0 Å². The summed E-state index contributed by atoms with van der Waals surface area (Å²) in [6.07, 6.45) is 6.37. The van der Waals surface area contributed by atoms with E-state index in [-0.39, 0.29) is 11.7 Å². The number of benzene rings is 3. The van der Waals surface area contributed by atoms with Gasteiger partial charge in [-0.2, -0.15) is 5.10 Å². The van der Waals surface area contributed by atoms with Crippen molar-refractivity contribution >= 4 is 44.9 Å². The summed E-state index contributed by atoms with van der Waals surface area (Å²) < 4.78 is 34.1. The largest absolute Gasteiger partial charge is 0.494 e. The first-order valence-corrected chi connectivity index (χ1v) is 14.5. The van der Waals surface area contributed by atoms with E-state index >= 15 is 0 Å². The van der Waals surface area contributed by atoms with Crippen molar-refractivity contribution in [3.63, 3.8) is 0 Å². The zero-order valence-corrected chi connectivity index (χ0v) is 25.7. The number of likely N-dealkylation sites (tertiary alicyclic amines) is 1. The van der Waals surface area contributed by atoms with Crippen LogP contribution in [0.5, 0.6) is 23.0 Å². The lowest BCUT2D eigenvalue weighted by Gasteiger charge is -2.17. The predicted molar refractivity (Wildman–Crippen MR) is 171 cm³/mol. The highest BCUT2D eigenvalue weighted by atomic mass is 19.1. The van der Waals surface area contributed by atoms with Gasteiger partial charge in [0.15, 0.2) is 5.83 Å². The lowest BCUT2D eigenvalue weighted by molar-refractivity contribution is -0.114. The molecule has 12 heteroatoms.